The van der Waals surface area contributed by atoms with Gasteiger partial charge in [0.1, 0.15) is 11.6 Å². The number of halogens is 2. The molecule has 0 bridgehead atoms. The zero-order valence-electron chi connectivity index (χ0n) is 18.3. The number of hydrogen-bond donors (Lipinski definition) is 1. The third-order valence-electron chi connectivity index (χ3n) is 4.65. The number of anilines is 1. The second kappa shape index (κ2) is 11.9. The van der Waals surface area contributed by atoms with Crippen LogP contribution < -0.4 is 5.32 Å². The Morgan fingerprint density at radius 1 is 0.941 bits per heavy atom. The Balaban J connectivity index is 1.52. The van der Waals surface area contributed by atoms with Gasteiger partial charge in [0.05, 0.1) is 11.3 Å². The summed E-state index contributed by atoms with van der Waals surface area (Å²) < 4.78 is 31.5. The first-order valence-electron chi connectivity index (χ1n) is 10.2. The second-order valence-electron chi connectivity index (χ2n) is 7.30. The molecule has 0 heterocycles. The number of amides is 2. The van der Waals surface area contributed by atoms with Gasteiger partial charge in [0.2, 0.25) is 5.91 Å². The predicted molar refractivity (Wildman–Crippen MR) is 125 cm³/mol. The lowest BCUT2D eigenvalue weighted by atomic mass is 10.2. The molecule has 0 atom stereocenters. The van der Waals surface area contributed by atoms with Crippen molar-refractivity contribution in [3.05, 3.63) is 95.6 Å². The van der Waals surface area contributed by atoms with Crippen LogP contribution in [0.25, 0.3) is 0 Å². The number of carbonyl (C=O) groups is 3. The Morgan fingerprint density at radius 3 is 2.41 bits per heavy atom. The van der Waals surface area contributed by atoms with Gasteiger partial charge >= 0.3 is 5.97 Å². The maximum Gasteiger partial charge on any atom is 0.339 e. The van der Waals surface area contributed by atoms with E-state index < -0.39 is 30.1 Å². The smallest absolute Gasteiger partial charge is 0.339 e. The lowest BCUT2D eigenvalue weighted by Gasteiger charge is -2.17. The number of benzene rings is 3. The predicted octanol–water partition coefficient (Wildman–Crippen LogP) is 4.51. The monoisotopic (exact) mass is 484 g/mol. The molecule has 0 spiro atoms. The highest BCUT2D eigenvalue weighted by molar-refractivity contribution is 8.00. The van der Waals surface area contributed by atoms with Gasteiger partial charge in [0.25, 0.3) is 5.91 Å². The molecule has 34 heavy (non-hydrogen) atoms. The Kier molecular flexibility index (Phi) is 8.75. The van der Waals surface area contributed by atoms with Gasteiger partial charge < -0.3 is 15.0 Å². The molecule has 3 rings (SSSR count). The fourth-order valence-corrected chi connectivity index (χ4v) is 3.79. The van der Waals surface area contributed by atoms with E-state index in [0.717, 1.165) is 11.8 Å². The molecule has 3 aromatic rings. The molecule has 1 N–H and O–H groups in total. The standard InChI is InChI=1S/C25H22F2N2O4S/c1-29(14-17-5-4-6-19(27)13-17)24(31)15-33-25(32)21-7-2-3-8-22(21)34-16-23(30)28-20-11-9-18(26)10-12-20/h2-13H,14-16H2,1H3,(H,28,30). The second-order valence-corrected chi connectivity index (χ2v) is 8.31. The summed E-state index contributed by atoms with van der Waals surface area (Å²) in [7, 11) is 1.53. The Bertz CT molecular complexity index is 1170. The SMILES string of the molecule is CN(Cc1cccc(F)c1)C(=O)COC(=O)c1ccccc1SCC(=O)Nc1ccc(F)cc1. The Labute approximate surface area is 199 Å². The summed E-state index contributed by atoms with van der Waals surface area (Å²) in [5, 5.41) is 2.65. The summed E-state index contributed by atoms with van der Waals surface area (Å²) in [5.41, 5.74) is 1.30. The van der Waals surface area contributed by atoms with Crippen molar-refractivity contribution in [3.63, 3.8) is 0 Å². The number of thioether (sulfide) groups is 1. The van der Waals surface area contributed by atoms with Crippen molar-refractivity contribution in [1.29, 1.82) is 0 Å². The third-order valence-corrected chi connectivity index (χ3v) is 5.73. The van der Waals surface area contributed by atoms with E-state index in [1.807, 2.05) is 0 Å². The van der Waals surface area contributed by atoms with Crippen molar-refractivity contribution in [2.45, 2.75) is 11.4 Å². The summed E-state index contributed by atoms with van der Waals surface area (Å²) in [6.07, 6.45) is 0. The lowest BCUT2D eigenvalue weighted by Crippen LogP contribution is -2.31. The van der Waals surface area contributed by atoms with Crippen LogP contribution in [0.5, 0.6) is 0 Å². The van der Waals surface area contributed by atoms with E-state index >= 15 is 0 Å². The fourth-order valence-electron chi connectivity index (χ4n) is 2.95. The Morgan fingerprint density at radius 2 is 1.68 bits per heavy atom. The quantitative estimate of drug-likeness (QED) is 0.357. The summed E-state index contributed by atoms with van der Waals surface area (Å²) in [5.74, 6) is -2.26. The van der Waals surface area contributed by atoms with Gasteiger partial charge in [-0.05, 0) is 54.1 Å². The van der Waals surface area contributed by atoms with Gasteiger partial charge in [-0.25, -0.2) is 13.6 Å². The van der Waals surface area contributed by atoms with E-state index in [-0.39, 0.29) is 23.8 Å². The zero-order valence-corrected chi connectivity index (χ0v) is 19.1. The number of carbonyl (C=O) groups excluding carboxylic acids is 3. The van der Waals surface area contributed by atoms with Crippen LogP contribution in [0.2, 0.25) is 0 Å². The highest BCUT2D eigenvalue weighted by Gasteiger charge is 2.17. The van der Waals surface area contributed by atoms with Crippen LogP contribution in [0.3, 0.4) is 0 Å². The van der Waals surface area contributed by atoms with E-state index in [4.69, 9.17) is 4.74 Å². The van der Waals surface area contributed by atoms with Crippen LogP contribution in [-0.4, -0.2) is 42.1 Å². The van der Waals surface area contributed by atoms with Crippen molar-refractivity contribution < 1.29 is 27.9 Å². The molecule has 0 fully saturated rings. The van der Waals surface area contributed by atoms with E-state index in [9.17, 15) is 23.2 Å². The normalized spacial score (nSPS) is 10.4. The first kappa shape index (κ1) is 24.9. The number of rotatable bonds is 9. The van der Waals surface area contributed by atoms with E-state index in [1.54, 1.807) is 36.4 Å². The Hall–Kier alpha value is -3.72. The van der Waals surface area contributed by atoms with Gasteiger partial charge in [0.15, 0.2) is 6.61 Å². The molecule has 176 valence electrons. The molecule has 0 aliphatic rings. The minimum absolute atomic E-state index is 0.0109. The maximum absolute atomic E-state index is 13.3. The van der Waals surface area contributed by atoms with Crippen molar-refractivity contribution >= 4 is 35.2 Å². The highest BCUT2D eigenvalue weighted by Crippen LogP contribution is 2.24. The number of esters is 1. The number of nitrogens with zero attached hydrogens (tertiary/aromatic N) is 1. The molecule has 0 unspecified atom stereocenters. The van der Waals surface area contributed by atoms with Crippen molar-refractivity contribution in [1.82, 2.24) is 4.90 Å². The molecule has 0 aliphatic heterocycles. The van der Waals surface area contributed by atoms with Crippen LogP contribution >= 0.6 is 11.8 Å². The molecule has 0 radical (unpaired) electrons. The van der Waals surface area contributed by atoms with Crippen LogP contribution in [0.1, 0.15) is 15.9 Å². The minimum atomic E-state index is -0.699. The van der Waals surface area contributed by atoms with Crippen LogP contribution in [-0.2, 0) is 20.9 Å². The molecule has 3 aromatic carbocycles. The fraction of sp³-hybridized carbons (Fsp3) is 0.160. The van der Waals surface area contributed by atoms with Gasteiger partial charge in [-0.3, -0.25) is 9.59 Å². The van der Waals surface area contributed by atoms with Gasteiger partial charge in [-0.15, -0.1) is 11.8 Å². The number of nitrogens with one attached hydrogen (secondary N) is 1. The number of ether oxygens (including phenoxy) is 1. The largest absolute Gasteiger partial charge is 0.452 e. The zero-order chi connectivity index (χ0) is 24.5. The first-order chi connectivity index (χ1) is 16.3. The third kappa shape index (κ3) is 7.41. The molecule has 9 heteroatoms. The van der Waals surface area contributed by atoms with Gasteiger partial charge in [-0.1, -0.05) is 24.3 Å². The first-order valence-corrected chi connectivity index (χ1v) is 11.2. The van der Waals surface area contributed by atoms with Crippen LogP contribution in [0.4, 0.5) is 14.5 Å². The van der Waals surface area contributed by atoms with Crippen LogP contribution in [0.15, 0.2) is 77.7 Å². The molecule has 6 nitrogen and oxygen atoms in total. The van der Waals surface area contributed by atoms with Crippen molar-refractivity contribution in [2.75, 3.05) is 24.7 Å². The number of hydrogen-bond acceptors (Lipinski definition) is 5. The van der Waals surface area contributed by atoms with Crippen molar-refractivity contribution in [3.8, 4) is 0 Å². The summed E-state index contributed by atoms with van der Waals surface area (Å²) in [6, 6.07) is 17.9. The summed E-state index contributed by atoms with van der Waals surface area (Å²) in [4.78, 5) is 39.0. The van der Waals surface area contributed by atoms with E-state index in [2.05, 4.69) is 5.32 Å². The molecule has 0 saturated carbocycles. The van der Waals surface area contributed by atoms with E-state index in [0.29, 0.717) is 16.1 Å². The minimum Gasteiger partial charge on any atom is -0.452 e. The average Bonchev–Trinajstić information content (AvgIpc) is 2.82. The van der Waals surface area contributed by atoms with Gasteiger partial charge in [0, 0.05) is 24.2 Å². The number of likely N-dealkylation sites (N-methyl/N-ethyl adjacent to an activating group) is 1. The summed E-state index contributed by atoms with van der Waals surface area (Å²) >= 11 is 1.13. The molecule has 0 saturated heterocycles. The summed E-state index contributed by atoms with van der Waals surface area (Å²) in [6.45, 7) is -0.307. The van der Waals surface area contributed by atoms with Gasteiger partial charge in [-0.2, -0.15) is 0 Å². The van der Waals surface area contributed by atoms with E-state index in [1.165, 1.54) is 48.3 Å². The topological polar surface area (TPSA) is 75.7 Å². The molecular formula is C25H22F2N2O4S. The lowest BCUT2D eigenvalue weighted by molar-refractivity contribution is -0.133. The maximum atomic E-state index is 13.3. The molecule has 2 amide bonds. The molecule has 0 aliphatic carbocycles. The average molecular weight is 485 g/mol. The van der Waals surface area contributed by atoms with Crippen LogP contribution in [0, 0.1) is 11.6 Å². The van der Waals surface area contributed by atoms with Crippen molar-refractivity contribution in [2.24, 2.45) is 0 Å². The molecular weight excluding hydrogens is 462 g/mol. The highest BCUT2D eigenvalue weighted by atomic mass is 32.2. The molecule has 0 aromatic heterocycles.